The van der Waals surface area contributed by atoms with Gasteiger partial charge in [0.25, 0.3) is 0 Å². The standard InChI is InChI=1S/C19H22N2O2.C2H6/c1-12-4-3-5-16(13(12)2)17(18-10-20-11-21-18)9-14-6-7-15(8-14)19(22)23;1-2/h3-5,9-11,14-15H,6-8H2,1-2H3,(H,20,21)(H,22,23);1-2H3/b17-9-;. The lowest BCUT2D eigenvalue weighted by atomic mass is 9.91. The molecule has 1 aliphatic carbocycles. The highest BCUT2D eigenvalue weighted by Gasteiger charge is 2.29. The molecular weight excluding hydrogens is 312 g/mol. The molecule has 0 radical (unpaired) electrons. The Labute approximate surface area is 150 Å². The van der Waals surface area contributed by atoms with Crippen LogP contribution in [0.2, 0.25) is 0 Å². The molecule has 4 nitrogen and oxygen atoms in total. The summed E-state index contributed by atoms with van der Waals surface area (Å²) in [5, 5.41) is 9.21. The highest BCUT2D eigenvalue weighted by atomic mass is 16.4. The maximum atomic E-state index is 11.2. The Kier molecular flexibility index (Phi) is 6.57. The topological polar surface area (TPSA) is 66.0 Å². The van der Waals surface area contributed by atoms with Crippen molar-refractivity contribution in [1.29, 1.82) is 0 Å². The molecule has 2 N–H and O–H groups in total. The normalized spacial score (nSPS) is 20.1. The summed E-state index contributed by atoms with van der Waals surface area (Å²) in [5.41, 5.74) is 5.80. The van der Waals surface area contributed by atoms with Gasteiger partial charge in [0, 0.05) is 5.57 Å². The summed E-state index contributed by atoms with van der Waals surface area (Å²) < 4.78 is 0. The first-order chi connectivity index (χ1) is 12.1. The Hall–Kier alpha value is -2.36. The zero-order valence-electron chi connectivity index (χ0n) is 15.5. The Morgan fingerprint density at radius 3 is 2.64 bits per heavy atom. The van der Waals surface area contributed by atoms with Crippen LogP contribution in [0.15, 0.2) is 36.8 Å². The van der Waals surface area contributed by atoms with Crippen LogP contribution in [-0.2, 0) is 4.79 Å². The van der Waals surface area contributed by atoms with Gasteiger partial charge in [-0.3, -0.25) is 4.79 Å². The highest BCUT2D eigenvalue weighted by molar-refractivity contribution is 5.80. The first-order valence-corrected chi connectivity index (χ1v) is 9.06. The lowest BCUT2D eigenvalue weighted by molar-refractivity contribution is -0.141. The molecule has 4 heteroatoms. The SMILES string of the molecule is CC.Cc1cccc(/C(=C/C2CCC(C(=O)O)C2)c2cnc[nH]2)c1C. The molecule has 0 aliphatic heterocycles. The molecule has 0 bridgehead atoms. The molecule has 1 heterocycles. The quantitative estimate of drug-likeness (QED) is 0.824. The molecule has 2 atom stereocenters. The Bertz CT molecular complexity index is 732. The number of carboxylic acids is 1. The van der Waals surface area contributed by atoms with E-state index in [2.05, 4.69) is 48.1 Å². The monoisotopic (exact) mass is 340 g/mol. The molecule has 1 aromatic carbocycles. The molecule has 1 fully saturated rings. The van der Waals surface area contributed by atoms with Crippen molar-refractivity contribution in [3.63, 3.8) is 0 Å². The predicted octanol–water partition coefficient (Wildman–Crippen LogP) is 4.99. The molecule has 2 aromatic rings. The zero-order chi connectivity index (χ0) is 18.4. The van der Waals surface area contributed by atoms with Crippen LogP contribution in [0.1, 0.15) is 55.5 Å². The number of aromatic amines is 1. The molecule has 3 rings (SSSR count). The maximum Gasteiger partial charge on any atom is 0.306 e. The third-order valence-corrected chi connectivity index (χ3v) is 4.91. The van der Waals surface area contributed by atoms with E-state index in [9.17, 15) is 9.90 Å². The molecule has 134 valence electrons. The minimum absolute atomic E-state index is 0.210. The van der Waals surface area contributed by atoms with Crippen LogP contribution in [0.25, 0.3) is 5.57 Å². The Morgan fingerprint density at radius 2 is 2.04 bits per heavy atom. The smallest absolute Gasteiger partial charge is 0.306 e. The van der Waals surface area contributed by atoms with Gasteiger partial charge in [0.15, 0.2) is 0 Å². The number of aliphatic carboxylic acids is 1. The first-order valence-electron chi connectivity index (χ1n) is 9.06. The first kappa shape index (κ1) is 19.0. The van der Waals surface area contributed by atoms with Gasteiger partial charge in [-0.1, -0.05) is 38.1 Å². The van der Waals surface area contributed by atoms with Crippen LogP contribution in [0.3, 0.4) is 0 Å². The molecule has 2 unspecified atom stereocenters. The van der Waals surface area contributed by atoms with Crippen molar-refractivity contribution in [3.8, 4) is 0 Å². The molecule has 0 spiro atoms. The number of imidazole rings is 1. The second-order valence-corrected chi connectivity index (χ2v) is 6.40. The van der Waals surface area contributed by atoms with Gasteiger partial charge in [-0.15, -0.1) is 0 Å². The van der Waals surface area contributed by atoms with E-state index in [0.717, 1.165) is 30.5 Å². The number of rotatable bonds is 4. The van der Waals surface area contributed by atoms with Crippen LogP contribution in [0.5, 0.6) is 0 Å². The summed E-state index contributed by atoms with van der Waals surface area (Å²) in [6.07, 6.45) is 8.16. The van der Waals surface area contributed by atoms with Crippen molar-refractivity contribution in [2.24, 2.45) is 11.8 Å². The molecule has 0 saturated heterocycles. The van der Waals surface area contributed by atoms with Gasteiger partial charge < -0.3 is 10.1 Å². The minimum Gasteiger partial charge on any atom is -0.481 e. The number of H-pyrrole nitrogens is 1. The summed E-state index contributed by atoms with van der Waals surface area (Å²) >= 11 is 0. The molecular formula is C21H28N2O2. The second kappa shape index (κ2) is 8.65. The van der Waals surface area contributed by atoms with Crippen molar-refractivity contribution in [2.45, 2.75) is 47.0 Å². The van der Waals surface area contributed by atoms with E-state index in [0.29, 0.717) is 5.92 Å². The van der Waals surface area contributed by atoms with Crippen LogP contribution < -0.4 is 0 Å². The van der Waals surface area contributed by atoms with Crippen molar-refractivity contribution in [1.82, 2.24) is 9.97 Å². The van der Waals surface area contributed by atoms with E-state index >= 15 is 0 Å². The van der Waals surface area contributed by atoms with Gasteiger partial charge in [0.1, 0.15) is 0 Å². The van der Waals surface area contributed by atoms with Gasteiger partial charge >= 0.3 is 5.97 Å². The zero-order valence-corrected chi connectivity index (χ0v) is 15.5. The molecule has 1 aromatic heterocycles. The van der Waals surface area contributed by atoms with Crippen molar-refractivity contribution >= 4 is 11.5 Å². The summed E-state index contributed by atoms with van der Waals surface area (Å²) in [6.45, 7) is 8.24. The van der Waals surface area contributed by atoms with Gasteiger partial charge in [-0.25, -0.2) is 4.98 Å². The third-order valence-electron chi connectivity index (χ3n) is 4.91. The average molecular weight is 340 g/mol. The van der Waals surface area contributed by atoms with E-state index < -0.39 is 5.97 Å². The van der Waals surface area contributed by atoms with E-state index in [1.54, 1.807) is 6.33 Å². The summed E-state index contributed by atoms with van der Waals surface area (Å²) in [7, 11) is 0. The number of aromatic nitrogens is 2. The highest BCUT2D eigenvalue weighted by Crippen LogP contribution is 2.36. The predicted molar refractivity (Wildman–Crippen MR) is 101 cm³/mol. The number of hydrogen-bond donors (Lipinski definition) is 2. The molecule has 25 heavy (non-hydrogen) atoms. The number of hydrogen-bond acceptors (Lipinski definition) is 2. The maximum absolute atomic E-state index is 11.2. The van der Waals surface area contributed by atoms with Crippen LogP contribution in [0.4, 0.5) is 0 Å². The second-order valence-electron chi connectivity index (χ2n) is 6.40. The summed E-state index contributed by atoms with van der Waals surface area (Å²) in [5.74, 6) is -0.581. The summed E-state index contributed by atoms with van der Waals surface area (Å²) in [6, 6.07) is 6.30. The van der Waals surface area contributed by atoms with E-state index in [4.69, 9.17) is 0 Å². The van der Waals surface area contributed by atoms with Gasteiger partial charge in [0.05, 0.1) is 24.1 Å². The number of nitrogens with one attached hydrogen (secondary N) is 1. The van der Waals surface area contributed by atoms with E-state index in [-0.39, 0.29) is 5.92 Å². The number of nitrogens with zero attached hydrogens (tertiary/aromatic N) is 1. The number of aryl methyl sites for hydroxylation is 1. The average Bonchev–Trinajstić information content (AvgIpc) is 3.29. The number of allylic oxidation sites excluding steroid dienone is 1. The third kappa shape index (κ3) is 4.38. The summed E-state index contributed by atoms with van der Waals surface area (Å²) in [4.78, 5) is 18.5. The van der Waals surface area contributed by atoms with Crippen molar-refractivity contribution < 1.29 is 9.90 Å². The Balaban J connectivity index is 0.00000109. The fourth-order valence-electron chi connectivity index (χ4n) is 3.40. The largest absolute Gasteiger partial charge is 0.481 e. The van der Waals surface area contributed by atoms with Gasteiger partial charge in [-0.05, 0) is 55.7 Å². The fourth-order valence-corrected chi connectivity index (χ4v) is 3.40. The van der Waals surface area contributed by atoms with Crippen molar-refractivity contribution in [3.05, 3.63) is 59.2 Å². The lowest BCUT2D eigenvalue weighted by Crippen LogP contribution is -2.09. The molecule has 1 aliphatic rings. The lowest BCUT2D eigenvalue weighted by Gasteiger charge is -2.14. The van der Waals surface area contributed by atoms with Crippen LogP contribution in [-0.4, -0.2) is 21.0 Å². The van der Waals surface area contributed by atoms with Gasteiger partial charge in [0.2, 0.25) is 0 Å². The van der Waals surface area contributed by atoms with Crippen molar-refractivity contribution in [2.75, 3.05) is 0 Å². The fraction of sp³-hybridized carbons (Fsp3) is 0.429. The van der Waals surface area contributed by atoms with Crippen LogP contribution in [0, 0.1) is 25.7 Å². The molecule has 1 saturated carbocycles. The number of carboxylic acid groups (broad SMARTS) is 1. The molecule has 0 amide bonds. The van der Waals surface area contributed by atoms with Gasteiger partial charge in [-0.2, -0.15) is 0 Å². The van der Waals surface area contributed by atoms with E-state index in [1.807, 2.05) is 20.0 Å². The van der Waals surface area contributed by atoms with Crippen LogP contribution >= 0.6 is 0 Å². The minimum atomic E-state index is -0.671. The Morgan fingerprint density at radius 1 is 1.28 bits per heavy atom. The van der Waals surface area contributed by atoms with E-state index in [1.165, 1.54) is 16.7 Å². The number of carbonyl (C=O) groups is 1. The number of benzene rings is 1.